The first-order valence-corrected chi connectivity index (χ1v) is 7.92. The largest absolute Gasteiger partial charge is 0.307 e. The van der Waals surface area contributed by atoms with Crippen molar-refractivity contribution < 1.29 is 0 Å². The first kappa shape index (κ1) is 16.1. The van der Waals surface area contributed by atoms with Gasteiger partial charge in [-0.1, -0.05) is 49.7 Å². The van der Waals surface area contributed by atoms with Crippen LogP contribution in [-0.2, 0) is 19.6 Å². The number of rotatable bonds is 6. The molecule has 21 heavy (non-hydrogen) atoms. The van der Waals surface area contributed by atoms with Gasteiger partial charge in [0.2, 0.25) is 0 Å². The topological polar surface area (TPSA) is 29.9 Å². The van der Waals surface area contributed by atoms with Crippen molar-refractivity contribution >= 4 is 11.6 Å². The predicted octanol–water partition coefficient (Wildman–Crippen LogP) is 4.28. The van der Waals surface area contributed by atoms with E-state index in [1.165, 1.54) is 11.1 Å². The zero-order valence-electron chi connectivity index (χ0n) is 13.3. The van der Waals surface area contributed by atoms with Crippen LogP contribution in [0.2, 0.25) is 5.02 Å². The maximum atomic E-state index is 6.31. The summed E-state index contributed by atoms with van der Waals surface area (Å²) in [7, 11) is 0. The SMILES string of the molecule is CCn1nc(C)c(Cl)c1CNCc1ccc(C(C)C)cc1. The van der Waals surface area contributed by atoms with E-state index in [0.29, 0.717) is 5.92 Å². The standard InChI is InChI=1S/C17H24ClN3/c1-5-21-16(17(18)13(4)20-21)11-19-10-14-6-8-15(9-7-14)12(2)3/h6-9,12,19H,5,10-11H2,1-4H3. The second-order valence-electron chi connectivity index (χ2n) is 5.66. The Morgan fingerprint density at radius 3 is 2.43 bits per heavy atom. The molecule has 2 rings (SSSR count). The number of aromatic nitrogens is 2. The molecule has 0 saturated carbocycles. The average Bonchev–Trinajstić information content (AvgIpc) is 2.75. The molecule has 0 amide bonds. The number of benzene rings is 1. The molecular weight excluding hydrogens is 282 g/mol. The summed E-state index contributed by atoms with van der Waals surface area (Å²) in [5, 5.41) is 8.66. The first-order valence-electron chi connectivity index (χ1n) is 7.54. The molecule has 0 aliphatic heterocycles. The van der Waals surface area contributed by atoms with Crippen LogP contribution in [0, 0.1) is 6.92 Å². The third kappa shape index (κ3) is 3.86. The quantitative estimate of drug-likeness (QED) is 0.863. The molecule has 0 radical (unpaired) electrons. The summed E-state index contributed by atoms with van der Waals surface area (Å²) in [6, 6.07) is 8.78. The second-order valence-corrected chi connectivity index (χ2v) is 6.04. The van der Waals surface area contributed by atoms with E-state index in [4.69, 9.17) is 11.6 Å². The van der Waals surface area contributed by atoms with Crippen molar-refractivity contribution in [2.45, 2.75) is 53.2 Å². The highest BCUT2D eigenvalue weighted by Crippen LogP contribution is 2.20. The average molecular weight is 306 g/mol. The van der Waals surface area contributed by atoms with Crippen molar-refractivity contribution in [3.05, 3.63) is 51.8 Å². The summed E-state index contributed by atoms with van der Waals surface area (Å²) in [6.45, 7) is 10.9. The third-order valence-corrected chi connectivity index (χ3v) is 4.21. The molecule has 0 unspecified atom stereocenters. The van der Waals surface area contributed by atoms with E-state index in [1.54, 1.807) is 0 Å². The Balaban J connectivity index is 1.95. The molecule has 1 heterocycles. The molecule has 3 nitrogen and oxygen atoms in total. The highest BCUT2D eigenvalue weighted by atomic mass is 35.5. The van der Waals surface area contributed by atoms with E-state index in [-0.39, 0.29) is 0 Å². The van der Waals surface area contributed by atoms with E-state index < -0.39 is 0 Å². The van der Waals surface area contributed by atoms with E-state index >= 15 is 0 Å². The van der Waals surface area contributed by atoms with Crippen molar-refractivity contribution in [3.8, 4) is 0 Å². The fraction of sp³-hybridized carbons (Fsp3) is 0.471. The Morgan fingerprint density at radius 1 is 1.19 bits per heavy atom. The minimum absolute atomic E-state index is 0.577. The van der Waals surface area contributed by atoms with Gasteiger partial charge in [0.1, 0.15) is 0 Å². The molecule has 4 heteroatoms. The maximum absolute atomic E-state index is 6.31. The van der Waals surface area contributed by atoms with Crippen molar-refractivity contribution in [1.29, 1.82) is 0 Å². The first-order chi connectivity index (χ1) is 10.0. The van der Waals surface area contributed by atoms with Crippen molar-refractivity contribution in [2.75, 3.05) is 0 Å². The fourth-order valence-corrected chi connectivity index (χ4v) is 2.59. The predicted molar refractivity (Wildman–Crippen MR) is 88.7 cm³/mol. The highest BCUT2D eigenvalue weighted by molar-refractivity contribution is 6.31. The summed E-state index contributed by atoms with van der Waals surface area (Å²) < 4.78 is 1.96. The Bertz CT molecular complexity index is 585. The van der Waals surface area contributed by atoms with E-state index in [1.807, 2.05) is 11.6 Å². The lowest BCUT2D eigenvalue weighted by Gasteiger charge is -2.09. The molecule has 1 aromatic heterocycles. The van der Waals surface area contributed by atoms with Gasteiger partial charge in [-0.15, -0.1) is 0 Å². The minimum atomic E-state index is 0.577. The highest BCUT2D eigenvalue weighted by Gasteiger charge is 2.11. The lowest BCUT2D eigenvalue weighted by atomic mass is 10.0. The Labute approximate surface area is 132 Å². The number of hydrogen-bond donors (Lipinski definition) is 1. The normalized spacial score (nSPS) is 11.3. The van der Waals surface area contributed by atoms with Crippen LogP contribution < -0.4 is 5.32 Å². The summed E-state index contributed by atoms with van der Waals surface area (Å²) in [4.78, 5) is 0. The van der Waals surface area contributed by atoms with E-state index in [9.17, 15) is 0 Å². The maximum Gasteiger partial charge on any atom is 0.0860 e. The van der Waals surface area contributed by atoms with Gasteiger partial charge in [-0.05, 0) is 30.9 Å². The van der Waals surface area contributed by atoms with Crippen molar-refractivity contribution in [1.82, 2.24) is 15.1 Å². The summed E-state index contributed by atoms with van der Waals surface area (Å²) in [6.07, 6.45) is 0. The molecule has 114 valence electrons. The van der Waals surface area contributed by atoms with E-state index in [2.05, 4.69) is 55.5 Å². The number of hydrogen-bond acceptors (Lipinski definition) is 2. The molecular formula is C17H24ClN3. The number of nitrogens with one attached hydrogen (secondary N) is 1. The smallest absolute Gasteiger partial charge is 0.0860 e. The zero-order chi connectivity index (χ0) is 15.4. The van der Waals surface area contributed by atoms with Gasteiger partial charge >= 0.3 is 0 Å². The van der Waals surface area contributed by atoms with Crippen LogP contribution in [0.15, 0.2) is 24.3 Å². The molecule has 0 aliphatic carbocycles. The van der Waals surface area contributed by atoms with Crippen LogP contribution in [0.25, 0.3) is 0 Å². The van der Waals surface area contributed by atoms with Crippen LogP contribution in [0.3, 0.4) is 0 Å². The molecule has 2 aromatic rings. The third-order valence-electron chi connectivity index (χ3n) is 3.72. The van der Waals surface area contributed by atoms with Crippen LogP contribution in [-0.4, -0.2) is 9.78 Å². The monoisotopic (exact) mass is 305 g/mol. The summed E-state index contributed by atoms with van der Waals surface area (Å²) in [5.74, 6) is 0.577. The lowest BCUT2D eigenvalue weighted by molar-refractivity contribution is 0.579. The van der Waals surface area contributed by atoms with Gasteiger partial charge in [-0.3, -0.25) is 4.68 Å². The van der Waals surface area contributed by atoms with Gasteiger partial charge in [0.25, 0.3) is 0 Å². The molecule has 1 aromatic carbocycles. The van der Waals surface area contributed by atoms with Crippen LogP contribution in [0.4, 0.5) is 0 Å². The van der Waals surface area contributed by atoms with Crippen LogP contribution in [0.5, 0.6) is 0 Å². The molecule has 1 N–H and O–H groups in total. The van der Waals surface area contributed by atoms with Crippen LogP contribution >= 0.6 is 11.6 Å². The molecule has 0 bridgehead atoms. The Morgan fingerprint density at radius 2 is 1.86 bits per heavy atom. The van der Waals surface area contributed by atoms with Gasteiger partial charge in [-0.25, -0.2) is 0 Å². The van der Waals surface area contributed by atoms with Gasteiger partial charge in [-0.2, -0.15) is 5.10 Å². The number of halogens is 1. The van der Waals surface area contributed by atoms with E-state index in [0.717, 1.165) is 36.0 Å². The number of nitrogens with zero attached hydrogens (tertiary/aromatic N) is 2. The van der Waals surface area contributed by atoms with Gasteiger partial charge < -0.3 is 5.32 Å². The fourth-order valence-electron chi connectivity index (χ4n) is 2.38. The Hall–Kier alpha value is -1.32. The Kier molecular flexibility index (Phi) is 5.43. The molecule has 0 saturated heterocycles. The summed E-state index contributed by atoms with van der Waals surface area (Å²) >= 11 is 6.31. The second kappa shape index (κ2) is 7.10. The molecule has 0 aliphatic rings. The van der Waals surface area contributed by atoms with Crippen molar-refractivity contribution in [3.63, 3.8) is 0 Å². The summed E-state index contributed by atoms with van der Waals surface area (Å²) in [5.41, 5.74) is 4.63. The van der Waals surface area contributed by atoms with Gasteiger partial charge in [0.15, 0.2) is 0 Å². The van der Waals surface area contributed by atoms with Gasteiger partial charge in [0, 0.05) is 19.6 Å². The lowest BCUT2D eigenvalue weighted by Crippen LogP contribution is -2.16. The molecule has 0 atom stereocenters. The van der Waals surface area contributed by atoms with Gasteiger partial charge in [0.05, 0.1) is 16.4 Å². The molecule has 0 fully saturated rings. The zero-order valence-corrected chi connectivity index (χ0v) is 14.0. The number of aryl methyl sites for hydroxylation is 2. The molecule has 0 spiro atoms. The van der Waals surface area contributed by atoms with Crippen molar-refractivity contribution in [2.24, 2.45) is 0 Å². The minimum Gasteiger partial charge on any atom is -0.307 e. The van der Waals surface area contributed by atoms with Crippen LogP contribution in [0.1, 0.15) is 49.2 Å².